The maximum atomic E-state index is 12.2. The lowest BCUT2D eigenvalue weighted by Crippen LogP contribution is -2.40. The predicted molar refractivity (Wildman–Crippen MR) is 84.3 cm³/mol. The van der Waals surface area contributed by atoms with Gasteiger partial charge in [-0.05, 0) is 25.0 Å². The van der Waals surface area contributed by atoms with Gasteiger partial charge in [-0.3, -0.25) is 14.2 Å². The average molecular weight is 317 g/mol. The lowest BCUT2D eigenvalue weighted by molar-refractivity contribution is -0.141. The second-order valence-electron chi connectivity index (χ2n) is 5.82. The first-order valence-corrected chi connectivity index (χ1v) is 7.75. The summed E-state index contributed by atoms with van der Waals surface area (Å²) < 4.78 is 1.77. The van der Waals surface area contributed by atoms with Crippen LogP contribution in [0.15, 0.2) is 29.1 Å². The molecule has 1 aliphatic heterocycles. The quantitative estimate of drug-likeness (QED) is 0.890. The molecule has 2 heterocycles. The summed E-state index contributed by atoms with van der Waals surface area (Å²) in [6.45, 7) is 1.10. The molecule has 1 aromatic carbocycles. The van der Waals surface area contributed by atoms with Gasteiger partial charge in [-0.1, -0.05) is 12.1 Å². The minimum absolute atomic E-state index is 0.0348. The van der Waals surface area contributed by atoms with Gasteiger partial charge in [0.25, 0.3) is 0 Å². The van der Waals surface area contributed by atoms with Crippen LogP contribution in [0.3, 0.4) is 0 Å². The summed E-state index contributed by atoms with van der Waals surface area (Å²) in [6, 6.07) is 7.63. The number of carbonyl (C=O) groups excluding carboxylic acids is 1. The van der Waals surface area contributed by atoms with E-state index >= 15 is 0 Å². The number of aromatic nitrogens is 2. The number of hydrogen-bond donors (Lipinski definition) is 2. The SMILES string of the molecule is O=C(O)CCC(=O)N1CCC(n2c(=O)[nH]c3ccccc32)CC1. The van der Waals surface area contributed by atoms with Gasteiger partial charge in [0.15, 0.2) is 0 Å². The maximum Gasteiger partial charge on any atom is 0.326 e. The van der Waals surface area contributed by atoms with E-state index in [1.54, 1.807) is 9.47 Å². The van der Waals surface area contributed by atoms with Gasteiger partial charge in [0, 0.05) is 25.6 Å². The summed E-state index contributed by atoms with van der Waals surface area (Å²) in [6.07, 6.45) is 1.29. The van der Waals surface area contributed by atoms with Crippen molar-refractivity contribution in [3.05, 3.63) is 34.7 Å². The summed E-state index contributed by atoms with van der Waals surface area (Å²) in [5.74, 6) is -1.09. The van der Waals surface area contributed by atoms with E-state index in [9.17, 15) is 14.4 Å². The van der Waals surface area contributed by atoms with Gasteiger partial charge in [0.05, 0.1) is 17.5 Å². The van der Waals surface area contributed by atoms with E-state index < -0.39 is 5.97 Å². The van der Waals surface area contributed by atoms with E-state index in [4.69, 9.17) is 5.11 Å². The summed E-state index contributed by atoms with van der Waals surface area (Å²) >= 11 is 0. The number of amides is 1. The number of para-hydroxylation sites is 2. The number of likely N-dealkylation sites (tertiary alicyclic amines) is 1. The first kappa shape index (κ1) is 15.3. The topological polar surface area (TPSA) is 95.4 Å². The van der Waals surface area contributed by atoms with Crippen molar-refractivity contribution >= 4 is 22.9 Å². The fraction of sp³-hybridized carbons (Fsp3) is 0.438. The van der Waals surface area contributed by atoms with Crippen LogP contribution in [0.25, 0.3) is 11.0 Å². The van der Waals surface area contributed by atoms with Gasteiger partial charge in [0.2, 0.25) is 5.91 Å². The van der Waals surface area contributed by atoms with E-state index in [0.29, 0.717) is 25.9 Å². The van der Waals surface area contributed by atoms with Gasteiger partial charge < -0.3 is 15.0 Å². The molecule has 0 bridgehead atoms. The molecule has 1 aromatic heterocycles. The Labute approximate surface area is 132 Å². The van der Waals surface area contributed by atoms with Crippen LogP contribution in [0.2, 0.25) is 0 Å². The number of hydrogen-bond acceptors (Lipinski definition) is 3. The highest BCUT2D eigenvalue weighted by Gasteiger charge is 2.26. The predicted octanol–water partition coefficient (Wildman–Crippen LogP) is 1.36. The fourth-order valence-corrected chi connectivity index (χ4v) is 3.18. The van der Waals surface area contributed by atoms with Crippen molar-refractivity contribution in [2.45, 2.75) is 31.7 Å². The molecule has 1 amide bonds. The third-order valence-corrected chi connectivity index (χ3v) is 4.36. The van der Waals surface area contributed by atoms with Crippen LogP contribution in [0, 0.1) is 0 Å². The Morgan fingerprint density at radius 2 is 1.87 bits per heavy atom. The molecule has 7 nitrogen and oxygen atoms in total. The normalized spacial score (nSPS) is 15.9. The van der Waals surface area contributed by atoms with Gasteiger partial charge in [-0.15, -0.1) is 0 Å². The summed E-state index contributed by atoms with van der Waals surface area (Å²) in [4.78, 5) is 39.2. The molecule has 23 heavy (non-hydrogen) atoms. The molecule has 2 aromatic rings. The number of aromatic amines is 1. The molecular weight excluding hydrogens is 298 g/mol. The zero-order valence-corrected chi connectivity index (χ0v) is 12.7. The third-order valence-electron chi connectivity index (χ3n) is 4.36. The van der Waals surface area contributed by atoms with E-state index in [2.05, 4.69) is 4.98 Å². The standard InChI is InChI=1S/C16H19N3O4/c20-14(5-6-15(21)22)18-9-7-11(8-10-18)19-13-4-2-1-3-12(13)17-16(19)23/h1-4,11H,5-10H2,(H,17,23)(H,21,22). The Balaban J connectivity index is 1.69. The lowest BCUT2D eigenvalue weighted by Gasteiger charge is -2.32. The monoisotopic (exact) mass is 317 g/mol. The molecule has 0 atom stereocenters. The Hall–Kier alpha value is -2.57. The van der Waals surface area contributed by atoms with Crippen molar-refractivity contribution in [1.82, 2.24) is 14.5 Å². The van der Waals surface area contributed by atoms with E-state index in [1.165, 1.54) is 0 Å². The van der Waals surface area contributed by atoms with E-state index in [1.807, 2.05) is 24.3 Å². The molecule has 7 heteroatoms. The van der Waals surface area contributed by atoms with Crippen LogP contribution in [0.1, 0.15) is 31.7 Å². The molecule has 3 rings (SSSR count). The van der Waals surface area contributed by atoms with Crippen LogP contribution in [-0.2, 0) is 9.59 Å². The number of fused-ring (bicyclic) bond motifs is 1. The number of piperidine rings is 1. The van der Waals surface area contributed by atoms with Crippen LogP contribution in [-0.4, -0.2) is 44.5 Å². The van der Waals surface area contributed by atoms with Gasteiger partial charge in [0.1, 0.15) is 0 Å². The van der Waals surface area contributed by atoms with Crippen LogP contribution < -0.4 is 5.69 Å². The number of carboxylic acid groups (broad SMARTS) is 1. The molecule has 1 aliphatic rings. The molecule has 1 saturated heterocycles. The highest BCUT2D eigenvalue weighted by molar-refractivity contribution is 5.80. The summed E-state index contributed by atoms with van der Waals surface area (Å²) in [5, 5.41) is 8.65. The molecule has 0 aliphatic carbocycles. The van der Waals surface area contributed by atoms with Crippen molar-refractivity contribution in [2.75, 3.05) is 13.1 Å². The van der Waals surface area contributed by atoms with Gasteiger partial charge in [-0.2, -0.15) is 0 Å². The lowest BCUT2D eigenvalue weighted by atomic mass is 10.0. The van der Waals surface area contributed by atoms with Crippen LogP contribution in [0.5, 0.6) is 0 Å². The molecular formula is C16H19N3O4. The van der Waals surface area contributed by atoms with E-state index in [0.717, 1.165) is 11.0 Å². The highest BCUT2D eigenvalue weighted by atomic mass is 16.4. The Morgan fingerprint density at radius 3 is 2.57 bits per heavy atom. The molecule has 1 fully saturated rings. The summed E-state index contributed by atoms with van der Waals surface area (Å²) in [7, 11) is 0. The number of H-pyrrole nitrogens is 1. The van der Waals surface area contributed by atoms with Gasteiger partial charge in [-0.25, -0.2) is 4.79 Å². The first-order chi connectivity index (χ1) is 11.1. The molecule has 2 N–H and O–H groups in total. The number of benzene rings is 1. The first-order valence-electron chi connectivity index (χ1n) is 7.75. The Bertz CT molecular complexity index is 784. The summed E-state index contributed by atoms with van der Waals surface area (Å²) in [5.41, 5.74) is 1.58. The number of nitrogens with zero attached hydrogens (tertiary/aromatic N) is 2. The Morgan fingerprint density at radius 1 is 1.17 bits per heavy atom. The van der Waals surface area contributed by atoms with Crippen LogP contribution in [0.4, 0.5) is 0 Å². The van der Waals surface area contributed by atoms with Crippen molar-refractivity contribution in [2.24, 2.45) is 0 Å². The highest BCUT2D eigenvalue weighted by Crippen LogP contribution is 2.25. The number of aliphatic carboxylic acids is 1. The number of imidazole rings is 1. The number of rotatable bonds is 4. The largest absolute Gasteiger partial charge is 0.481 e. The zero-order chi connectivity index (χ0) is 16.4. The van der Waals surface area contributed by atoms with Crippen molar-refractivity contribution < 1.29 is 14.7 Å². The number of nitrogens with one attached hydrogen (secondary N) is 1. The van der Waals surface area contributed by atoms with Crippen molar-refractivity contribution in [3.63, 3.8) is 0 Å². The number of carboxylic acids is 1. The molecule has 122 valence electrons. The molecule has 0 radical (unpaired) electrons. The van der Waals surface area contributed by atoms with Crippen LogP contribution >= 0.6 is 0 Å². The van der Waals surface area contributed by atoms with Crippen molar-refractivity contribution in [1.29, 1.82) is 0 Å². The maximum absolute atomic E-state index is 12.2. The zero-order valence-electron chi connectivity index (χ0n) is 12.7. The average Bonchev–Trinajstić information content (AvgIpc) is 2.88. The second-order valence-corrected chi connectivity index (χ2v) is 5.82. The molecule has 0 spiro atoms. The number of carbonyl (C=O) groups is 2. The minimum Gasteiger partial charge on any atom is -0.481 e. The Kier molecular flexibility index (Phi) is 4.18. The van der Waals surface area contributed by atoms with Crippen molar-refractivity contribution in [3.8, 4) is 0 Å². The fourth-order valence-electron chi connectivity index (χ4n) is 3.18. The third kappa shape index (κ3) is 3.13. The second kappa shape index (κ2) is 6.28. The molecule has 0 saturated carbocycles. The minimum atomic E-state index is -0.960. The molecule has 0 unspecified atom stereocenters. The van der Waals surface area contributed by atoms with Gasteiger partial charge >= 0.3 is 11.7 Å². The smallest absolute Gasteiger partial charge is 0.326 e. The van der Waals surface area contributed by atoms with E-state index in [-0.39, 0.29) is 30.5 Å².